The average Bonchev–Trinajstić information content (AvgIpc) is 2.40. The van der Waals surface area contributed by atoms with Gasteiger partial charge in [-0.3, -0.25) is 9.78 Å². The predicted octanol–water partition coefficient (Wildman–Crippen LogP) is 1.25. The Morgan fingerprint density at radius 1 is 1.53 bits per heavy atom. The number of anilines is 1. The van der Waals surface area contributed by atoms with Crippen LogP contribution >= 0.6 is 0 Å². The Hall–Kier alpha value is -1.62. The third-order valence-electron chi connectivity index (χ3n) is 3.75. The maximum Gasteiger partial charge on any atom is 0.253 e. The van der Waals surface area contributed by atoms with Crippen LogP contribution in [0.25, 0.3) is 0 Å². The normalized spacial score (nSPS) is 23.1. The molecule has 5 heteroatoms. The lowest BCUT2D eigenvalue weighted by molar-refractivity contribution is 0.0662. The van der Waals surface area contributed by atoms with E-state index in [9.17, 15) is 9.90 Å². The number of aromatic nitrogens is 1. The first-order valence-electron chi connectivity index (χ1n) is 6.76. The summed E-state index contributed by atoms with van der Waals surface area (Å²) in [6, 6.07) is 1.63. The highest BCUT2D eigenvalue weighted by atomic mass is 16.3. The van der Waals surface area contributed by atoms with E-state index in [2.05, 4.69) is 10.3 Å². The van der Waals surface area contributed by atoms with Crippen molar-refractivity contribution >= 4 is 11.6 Å². The molecule has 0 radical (unpaired) electrons. The summed E-state index contributed by atoms with van der Waals surface area (Å²) < 4.78 is 0. The number of nitrogens with zero attached hydrogens (tertiary/aromatic N) is 1. The van der Waals surface area contributed by atoms with E-state index in [1.165, 1.54) is 6.20 Å². The van der Waals surface area contributed by atoms with Crippen molar-refractivity contribution in [1.82, 2.24) is 10.3 Å². The molecule has 2 rings (SSSR count). The van der Waals surface area contributed by atoms with E-state index in [-0.39, 0.29) is 17.9 Å². The van der Waals surface area contributed by atoms with Crippen LogP contribution in [0.1, 0.15) is 41.7 Å². The zero-order valence-electron chi connectivity index (χ0n) is 11.2. The van der Waals surface area contributed by atoms with E-state index < -0.39 is 0 Å². The summed E-state index contributed by atoms with van der Waals surface area (Å²) >= 11 is 0. The Morgan fingerprint density at radius 3 is 3.00 bits per heavy atom. The molecular formula is C14H21N3O2. The molecule has 0 spiro atoms. The third kappa shape index (κ3) is 3.44. The monoisotopic (exact) mass is 263 g/mol. The Bertz CT molecular complexity index is 462. The second kappa shape index (κ2) is 6.02. The van der Waals surface area contributed by atoms with Crippen LogP contribution in [0.4, 0.5) is 5.69 Å². The zero-order valence-corrected chi connectivity index (χ0v) is 11.2. The molecular weight excluding hydrogens is 242 g/mol. The van der Waals surface area contributed by atoms with Gasteiger partial charge < -0.3 is 16.2 Å². The van der Waals surface area contributed by atoms with Crippen LogP contribution in [-0.2, 0) is 0 Å². The fraction of sp³-hybridized carbons (Fsp3) is 0.571. The molecule has 1 fully saturated rings. The summed E-state index contributed by atoms with van der Waals surface area (Å²) in [5.41, 5.74) is 7.29. The first-order valence-corrected chi connectivity index (χ1v) is 6.76. The van der Waals surface area contributed by atoms with Crippen molar-refractivity contribution in [3.63, 3.8) is 0 Å². The number of carbonyl (C=O) groups excluding carboxylic acids is 1. The number of amides is 1. The molecule has 1 aromatic heterocycles. The van der Waals surface area contributed by atoms with Gasteiger partial charge in [-0.2, -0.15) is 0 Å². The standard InChI is InChI=1S/C14H21N3O2/c1-9-12(6-11(15)8-16-9)14(19)17-7-10-4-2-3-5-13(10)18/h6,8,10,13,18H,2-5,7,15H2,1H3,(H,17,19). The van der Waals surface area contributed by atoms with Crippen molar-refractivity contribution in [2.24, 2.45) is 5.92 Å². The number of hydrogen-bond acceptors (Lipinski definition) is 4. The topological polar surface area (TPSA) is 88.2 Å². The van der Waals surface area contributed by atoms with Crippen LogP contribution in [-0.4, -0.2) is 28.6 Å². The van der Waals surface area contributed by atoms with Gasteiger partial charge in [0.2, 0.25) is 0 Å². The van der Waals surface area contributed by atoms with Crippen LogP contribution in [0, 0.1) is 12.8 Å². The lowest BCUT2D eigenvalue weighted by Gasteiger charge is -2.27. The van der Waals surface area contributed by atoms with Gasteiger partial charge in [0.25, 0.3) is 5.91 Å². The lowest BCUT2D eigenvalue weighted by Crippen LogP contribution is -2.37. The maximum atomic E-state index is 12.1. The SMILES string of the molecule is Cc1ncc(N)cc1C(=O)NCC1CCCCC1O. The molecule has 0 aromatic carbocycles. The fourth-order valence-electron chi connectivity index (χ4n) is 2.52. The van der Waals surface area contributed by atoms with Crippen LogP contribution in [0.3, 0.4) is 0 Å². The van der Waals surface area contributed by atoms with E-state index in [1.807, 2.05) is 0 Å². The Morgan fingerprint density at radius 2 is 2.26 bits per heavy atom. The predicted molar refractivity (Wildman–Crippen MR) is 73.7 cm³/mol. The molecule has 2 atom stereocenters. The van der Waals surface area contributed by atoms with Crippen molar-refractivity contribution in [2.45, 2.75) is 38.7 Å². The van der Waals surface area contributed by atoms with Gasteiger partial charge in [-0.25, -0.2) is 0 Å². The molecule has 4 N–H and O–H groups in total. The Balaban J connectivity index is 1.95. The van der Waals surface area contributed by atoms with Crippen molar-refractivity contribution in [2.75, 3.05) is 12.3 Å². The Labute approximate surface area is 113 Å². The smallest absolute Gasteiger partial charge is 0.253 e. The van der Waals surface area contributed by atoms with Crippen molar-refractivity contribution in [3.8, 4) is 0 Å². The average molecular weight is 263 g/mol. The van der Waals surface area contributed by atoms with Gasteiger partial charge in [-0.15, -0.1) is 0 Å². The van der Waals surface area contributed by atoms with Crippen LogP contribution < -0.4 is 11.1 Å². The number of aliphatic hydroxyl groups excluding tert-OH is 1. The number of carbonyl (C=O) groups is 1. The maximum absolute atomic E-state index is 12.1. The summed E-state index contributed by atoms with van der Waals surface area (Å²) in [5, 5.41) is 12.7. The lowest BCUT2D eigenvalue weighted by atomic mass is 9.86. The zero-order chi connectivity index (χ0) is 13.8. The van der Waals surface area contributed by atoms with Crippen molar-refractivity contribution in [1.29, 1.82) is 0 Å². The number of aliphatic hydroxyl groups is 1. The van der Waals surface area contributed by atoms with Gasteiger partial charge in [0.15, 0.2) is 0 Å². The minimum Gasteiger partial charge on any atom is -0.397 e. The van der Waals surface area contributed by atoms with Gasteiger partial charge in [-0.05, 0) is 25.8 Å². The number of nitrogens with two attached hydrogens (primary N) is 1. The van der Waals surface area contributed by atoms with E-state index >= 15 is 0 Å². The number of pyridine rings is 1. The second-order valence-electron chi connectivity index (χ2n) is 5.22. The molecule has 2 unspecified atom stereocenters. The fourth-order valence-corrected chi connectivity index (χ4v) is 2.52. The van der Waals surface area contributed by atoms with Crippen molar-refractivity contribution < 1.29 is 9.90 Å². The molecule has 0 aliphatic heterocycles. The molecule has 1 amide bonds. The first-order chi connectivity index (χ1) is 9.08. The van der Waals surface area contributed by atoms with Gasteiger partial charge in [-0.1, -0.05) is 12.8 Å². The molecule has 1 aliphatic carbocycles. The molecule has 0 bridgehead atoms. The largest absolute Gasteiger partial charge is 0.397 e. The third-order valence-corrected chi connectivity index (χ3v) is 3.75. The second-order valence-corrected chi connectivity index (χ2v) is 5.22. The summed E-state index contributed by atoms with van der Waals surface area (Å²) in [5.74, 6) is -0.0119. The quantitative estimate of drug-likeness (QED) is 0.766. The highest BCUT2D eigenvalue weighted by Gasteiger charge is 2.23. The summed E-state index contributed by atoms with van der Waals surface area (Å²) in [7, 11) is 0. The van der Waals surface area contributed by atoms with Crippen LogP contribution in [0.2, 0.25) is 0 Å². The van der Waals surface area contributed by atoms with E-state index in [0.29, 0.717) is 23.5 Å². The van der Waals surface area contributed by atoms with Gasteiger partial charge in [0.1, 0.15) is 0 Å². The highest BCUT2D eigenvalue weighted by Crippen LogP contribution is 2.23. The molecule has 5 nitrogen and oxygen atoms in total. The molecule has 0 saturated heterocycles. The van der Waals surface area contributed by atoms with E-state index in [4.69, 9.17) is 5.73 Å². The van der Waals surface area contributed by atoms with Gasteiger partial charge in [0.05, 0.1) is 29.2 Å². The van der Waals surface area contributed by atoms with E-state index in [0.717, 1.165) is 25.7 Å². The summed E-state index contributed by atoms with van der Waals surface area (Å²) in [6.07, 6.45) is 5.24. The summed E-state index contributed by atoms with van der Waals surface area (Å²) in [6.45, 7) is 2.29. The molecule has 19 heavy (non-hydrogen) atoms. The minimum absolute atomic E-state index is 0.159. The van der Waals surface area contributed by atoms with Gasteiger partial charge >= 0.3 is 0 Å². The van der Waals surface area contributed by atoms with Gasteiger partial charge in [0, 0.05) is 12.5 Å². The molecule has 1 saturated carbocycles. The summed E-state index contributed by atoms with van der Waals surface area (Å²) in [4.78, 5) is 16.2. The van der Waals surface area contributed by atoms with E-state index in [1.54, 1.807) is 13.0 Å². The van der Waals surface area contributed by atoms with Crippen LogP contribution in [0.5, 0.6) is 0 Å². The molecule has 1 aliphatic rings. The molecule has 104 valence electrons. The number of aryl methyl sites for hydroxylation is 1. The van der Waals surface area contributed by atoms with Crippen LogP contribution in [0.15, 0.2) is 12.3 Å². The molecule has 1 heterocycles. The Kier molecular flexibility index (Phi) is 4.37. The number of rotatable bonds is 3. The minimum atomic E-state index is -0.297. The number of hydrogen-bond donors (Lipinski definition) is 3. The van der Waals surface area contributed by atoms with Crippen molar-refractivity contribution in [3.05, 3.63) is 23.5 Å². The number of nitrogen functional groups attached to an aromatic ring is 1. The first kappa shape index (κ1) is 13.8. The number of nitrogens with one attached hydrogen (secondary N) is 1. The molecule has 1 aromatic rings. The highest BCUT2D eigenvalue weighted by molar-refractivity contribution is 5.95.